The number of rotatable bonds is 8. The fourth-order valence-corrected chi connectivity index (χ4v) is 3.49. The van der Waals surface area contributed by atoms with Gasteiger partial charge in [0.2, 0.25) is 0 Å². The van der Waals surface area contributed by atoms with E-state index >= 15 is 0 Å². The highest BCUT2D eigenvalue weighted by atomic mass is 16.5. The van der Waals surface area contributed by atoms with E-state index in [2.05, 4.69) is 12.2 Å². The first kappa shape index (κ1) is 15.8. The summed E-state index contributed by atoms with van der Waals surface area (Å²) < 4.78 is 11.0. The van der Waals surface area contributed by atoms with Gasteiger partial charge in [0.15, 0.2) is 0 Å². The molecule has 4 nitrogen and oxygen atoms in total. The Morgan fingerprint density at radius 2 is 2.10 bits per heavy atom. The number of ether oxygens (including phenoxy) is 2. The summed E-state index contributed by atoms with van der Waals surface area (Å²) in [6.07, 6.45) is 9.28. The van der Waals surface area contributed by atoms with Gasteiger partial charge in [-0.1, -0.05) is 13.3 Å². The molecule has 0 saturated heterocycles. The van der Waals surface area contributed by atoms with Crippen molar-refractivity contribution < 1.29 is 14.3 Å². The average Bonchev–Trinajstić information content (AvgIpc) is 2.82. The van der Waals surface area contributed by atoms with E-state index < -0.39 is 5.54 Å². The van der Waals surface area contributed by atoms with Crippen molar-refractivity contribution in [3.63, 3.8) is 0 Å². The van der Waals surface area contributed by atoms with E-state index in [-0.39, 0.29) is 5.97 Å². The van der Waals surface area contributed by atoms with E-state index in [1.807, 2.05) is 0 Å². The summed E-state index contributed by atoms with van der Waals surface area (Å²) in [6, 6.07) is 0. The summed E-state index contributed by atoms with van der Waals surface area (Å²) in [5.41, 5.74) is -0.465. The third-order valence-corrected chi connectivity index (χ3v) is 4.93. The van der Waals surface area contributed by atoms with E-state index in [4.69, 9.17) is 9.47 Å². The zero-order valence-corrected chi connectivity index (χ0v) is 13.0. The summed E-state index contributed by atoms with van der Waals surface area (Å²) in [5, 5.41) is 3.48. The van der Waals surface area contributed by atoms with Crippen molar-refractivity contribution in [3.05, 3.63) is 0 Å². The third kappa shape index (κ3) is 3.34. The molecule has 20 heavy (non-hydrogen) atoms. The van der Waals surface area contributed by atoms with Crippen molar-refractivity contribution in [2.45, 2.75) is 69.9 Å². The quantitative estimate of drug-likeness (QED) is 0.696. The van der Waals surface area contributed by atoms with Crippen LogP contribution in [0.2, 0.25) is 0 Å². The highest BCUT2D eigenvalue weighted by molar-refractivity contribution is 5.81. The molecule has 2 saturated carbocycles. The molecule has 0 aromatic carbocycles. The van der Waals surface area contributed by atoms with Crippen LogP contribution >= 0.6 is 0 Å². The molecule has 2 fully saturated rings. The van der Waals surface area contributed by atoms with Crippen LogP contribution in [0.1, 0.15) is 58.3 Å². The van der Waals surface area contributed by atoms with E-state index in [1.165, 1.54) is 26.4 Å². The summed E-state index contributed by atoms with van der Waals surface area (Å²) in [4.78, 5) is 12.3. The Hall–Kier alpha value is -0.610. The number of esters is 1. The maximum atomic E-state index is 12.3. The maximum Gasteiger partial charge on any atom is 0.326 e. The number of carbonyl (C=O) groups excluding carboxylic acids is 1. The monoisotopic (exact) mass is 283 g/mol. The predicted octanol–water partition coefficient (Wildman–Crippen LogP) is 2.66. The van der Waals surface area contributed by atoms with Gasteiger partial charge in [0.1, 0.15) is 5.54 Å². The van der Waals surface area contributed by atoms with Crippen molar-refractivity contribution in [1.29, 1.82) is 0 Å². The van der Waals surface area contributed by atoms with Crippen LogP contribution < -0.4 is 5.32 Å². The van der Waals surface area contributed by atoms with E-state index in [9.17, 15) is 4.79 Å². The molecule has 0 aromatic rings. The first-order valence-corrected chi connectivity index (χ1v) is 8.18. The van der Waals surface area contributed by atoms with Crippen LogP contribution in [-0.4, -0.2) is 37.9 Å². The number of nitrogens with one attached hydrogen (secondary N) is 1. The molecule has 2 rings (SSSR count). The normalized spacial score (nSPS) is 30.2. The summed E-state index contributed by atoms with van der Waals surface area (Å²) in [6.45, 7) is 3.78. The van der Waals surface area contributed by atoms with Crippen LogP contribution in [0, 0.1) is 5.92 Å². The number of hydrogen-bond acceptors (Lipinski definition) is 4. The molecule has 0 spiro atoms. The summed E-state index contributed by atoms with van der Waals surface area (Å²) >= 11 is 0. The largest absolute Gasteiger partial charge is 0.468 e. The summed E-state index contributed by atoms with van der Waals surface area (Å²) in [7, 11) is 1.50. The van der Waals surface area contributed by atoms with E-state index in [0.717, 1.165) is 45.3 Å². The molecular formula is C16H29NO3. The van der Waals surface area contributed by atoms with Crippen molar-refractivity contribution in [3.8, 4) is 0 Å². The number of hydrogen-bond donors (Lipinski definition) is 1. The van der Waals surface area contributed by atoms with Gasteiger partial charge in [-0.25, -0.2) is 0 Å². The fraction of sp³-hybridized carbons (Fsp3) is 0.938. The van der Waals surface area contributed by atoms with Gasteiger partial charge in [0.05, 0.1) is 13.2 Å². The Bertz CT molecular complexity index is 317. The molecule has 0 aromatic heterocycles. The van der Waals surface area contributed by atoms with Gasteiger partial charge in [-0.15, -0.1) is 0 Å². The van der Waals surface area contributed by atoms with E-state index in [0.29, 0.717) is 12.0 Å². The Kier molecular flexibility index (Phi) is 5.85. The minimum absolute atomic E-state index is 0.0860. The van der Waals surface area contributed by atoms with Crippen molar-refractivity contribution in [2.75, 3.05) is 20.3 Å². The Morgan fingerprint density at radius 1 is 1.30 bits per heavy atom. The topological polar surface area (TPSA) is 47.6 Å². The zero-order chi connectivity index (χ0) is 14.4. The highest BCUT2D eigenvalue weighted by Crippen LogP contribution is 2.39. The molecular weight excluding hydrogens is 254 g/mol. The molecule has 0 bridgehead atoms. The average molecular weight is 283 g/mol. The lowest BCUT2D eigenvalue weighted by Gasteiger charge is -2.34. The zero-order valence-electron chi connectivity index (χ0n) is 13.0. The minimum atomic E-state index is -0.465. The van der Waals surface area contributed by atoms with E-state index in [1.54, 1.807) is 0 Å². The smallest absolute Gasteiger partial charge is 0.326 e. The third-order valence-electron chi connectivity index (χ3n) is 4.93. The van der Waals surface area contributed by atoms with Crippen LogP contribution in [0.25, 0.3) is 0 Å². The first-order valence-electron chi connectivity index (χ1n) is 8.18. The Labute approximate surface area is 122 Å². The molecule has 0 heterocycles. The lowest BCUT2D eigenvalue weighted by atomic mass is 9.84. The molecule has 0 radical (unpaired) electrons. The molecule has 2 atom stereocenters. The molecule has 1 N–H and O–H groups in total. The van der Waals surface area contributed by atoms with Crippen LogP contribution in [0.3, 0.4) is 0 Å². The van der Waals surface area contributed by atoms with Crippen LogP contribution in [0.4, 0.5) is 0 Å². The van der Waals surface area contributed by atoms with Gasteiger partial charge >= 0.3 is 5.97 Å². The van der Waals surface area contributed by atoms with Gasteiger partial charge in [-0.05, 0) is 57.4 Å². The number of carbonyl (C=O) groups is 1. The number of methoxy groups -OCH3 is 1. The lowest BCUT2D eigenvalue weighted by Crippen LogP contribution is -2.55. The fourth-order valence-electron chi connectivity index (χ4n) is 3.49. The Morgan fingerprint density at radius 3 is 2.70 bits per heavy atom. The predicted molar refractivity (Wildman–Crippen MR) is 78.6 cm³/mol. The van der Waals surface area contributed by atoms with Crippen molar-refractivity contribution >= 4 is 5.97 Å². The summed E-state index contributed by atoms with van der Waals surface area (Å²) in [5.74, 6) is 0.263. The highest BCUT2D eigenvalue weighted by Gasteiger charge is 2.49. The van der Waals surface area contributed by atoms with Gasteiger partial charge < -0.3 is 14.8 Å². The van der Waals surface area contributed by atoms with Gasteiger partial charge in [-0.2, -0.15) is 0 Å². The second kappa shape index (κ2) is 7.41. The molecule has 2 unspecified atom stereocenters. The van der Waals surface area contributed by atoms with Crippen molar-refractivity contribution in [1.82, 2.24) is 5.32 Å². The molecule has 4 heteroatoms. The molecule has 0 amide bonds. The SMILES string of the molecule is CCCNC1(C(=O)OC)CCCC1CCOC1CCC1. The molecule has 116 valence electrons. The molecule has 2 aliphatic rings. The van der Waals surface area contributed by atoms with Crippen molar-refractivity contribution in [2.24, 2.45) is 5.92 Å². The Balaban J connectivity index is 1.90. The first-order chi connectivity index (χ1) is 9.73. The van der Waals surface area contributed by atoms with Crippen LogP contribution in [0.5, 0.6) is 0 Å². The minimum Gasteiger partial charge on any atom is -0.468 e. The second-order valence-corrected chi connectivity index (χ2v) is 6.19. The van der Waals surface area contributed by atoms with Crippen LogP contribution in [0.15, 0.2) is 0 Å². The molecule has 2 aliphatic carbocycles. The lowest BCUT2D eigenvalue weighted by molar-refractivity contribution is -0.150. The van der Waals surface area contributed by atoms with Gasteiger partial charge in [-0.3, -0.25) is 4.79 Å². The van der Waals surface area contributed by atoms with Gasteiger partial charge in [0, 0.05) is 6.61 Å². The van der Waals surface area contributed by atoms with Crippen LogP contribution in [-0.2, 0) is 14.3 Å². The second-order valence-electron chi connectivity index (χ2n) is 6.19. The van der Waals surface area contributed by atoms with Gasteiger partial charge in [0.25, 0.3) is 0 Å². The maximum absolute atomic E-state index is 12.3. The molecule has 0 aliphatic heterocycles. The standard InChI is InChI=1S/C16H29NO3/c1-3-11-17-16(15(18)19-2)10-5-6-13(16)9-12-20-14-7-4-8-14/h13-14,17H,3-12H2,1-2H3.